The Morgan fingerprint density at radius 1 is 1.12 bits per heavy atom. The van der Waals surface area contributed by atoms with Crippen LogP contribution in [0, 0.1) is 5.92 Å². The molecule has 2 fully saturated rings. The summed E-state index contributed by atoms with van der Waals surface area (Å²) in [6, 6.07) is 10.4. The van der Waals surface area contributed by atoms with Crippen LogP contribution in [0.3, 0.4) is 0 Å². The van der Waals surface area contributed by atoms with Crippen molar-refractivity contribution in [1.29, 1.82) is 0 Å². The van der Waals surface area contributed by atoms with Gasteiger partial charge in [0.05, 0.1) is 0 Å². The molecule has 1 nitrogen and oxygen atoms in total. The predicted molar refractivity (Wildman–Crippen MR) is 63.2 cm³/mol. The lowest BCUT2D eigenvalue weighted by Gasteiger charge is -2.30. The molecule has 2 unspecified atom stereocenters. The second-order valence-corrected chi connectivity index (χ2v) is 5.14. The third-order valence-electron chi connectivity index (χ3n) is 4.12. The summed E-state index contributed by atoms with van der Waals surface area (Å²) in [5.41, 5.74) is 0.425. The molecule has 0 spiro atoms. The normalized spacial score (nSPS) is 32.3. The highest BCUT2D eigenvalue weighted by Crippen LogP contribution is 2.57. The summed E-state index contributed by atoms with van der Waals surface area (Å²) in [6.45, 7) is 1.68. The Bertz CT molecular complexity index is 356. The summed E-state index contributed by atoms with van der Waals surface area (Å²) in [6.07, 6.45) is 2.43. The number of hydrogen-bond acceptors (Lipinski definition) is 1. The zero-order valence-electron chi connectivity index (χ0n) is 9.45. The Hall–Kier alpha value is -0.890. The Morgan fingerprint density at radius 2 is 1.81 bits per heavy atom. The van der Waals surface area contributed by atoms with Crippen molar-refractivity contribution in [2.24, 2.45) is 5.92 Å². The molecular formula is C14H18FN. The van der Waals surface area contributed by atoms with E-state index in [0.717, 1.165) is 19.5 Å². The number of benzene rings is 1. The van der Waals surface area contributed by atoms with Crippen molar-refractivity contribution < 1.29 is 4.39 Å². The van der Waals surface area contributed by atoms with E-state index >= 15 is 0 Å². The van der Waals surface area contributed by atoms with Crippen LogP contribution in [0.4, 0.5) is 4.39 Å². The van der Waals surface area contributed by atoms with Crippen molar-refractivity contribution in [1.82, 2.24) is 5.32 Å². The molecule has 0 aromatic heterocycles. The third kappa shape index (κ3) is 1.75. The molecule has 2 heteroatoms. The van der Waals surface area contributed by atoms with Gasteiger partial charge in [-0.3, -0.25) is 0 Å². The summed E-state index contributed by atoms with van der Waals surface area (Å²) < 4.78 is 14.7. The largest absolute Gasteiger partial charge is 0.316 e. The highest BCUT2D eigenvalue weighted by molar-refractivity contribution is 5.28. The molecule has 86 valence electrons. The first-order valence-corrected chi connectivity index (χ1v) is 6.24. The lowest BCUT2D eigenvalue weighted by molar-refractivity contribution is 0.0870. The molecule has 0 amide bonds. The van der Waals surface area contributed by atoms with Gasteiger partial charge in [0.1, 0.15) is 5.67 Å². The van der Waals surface area contributed by atoms with Crippen LogP contribution in [0.25, 0.3) is 0 Å². The van der Waals surface area contributed by atoms with E-state index in [1.54, 1.807) is 0 Å². The minimum absolute atomic E-state index is 0.275. The molecule has 1 heterocycles. The highest BCUT2D eigenvalue weighted by Gasteiger charge is 2.53. The van der Waals surface area contributed by atoms with E-state index in [1.807, 2.05) is 6.07 Å². The quantitative estimate of drug-likeness (QED) is 0.806. The van der Waals surface area contributed by atoms with Crippen LogP contribution >= 0.6 is 0 Å². The molecule has 1 saturated heterocycles. The maximum atomic E-state index is 14.7. The Kier molecular flexibility index (Phi) is 2.47. The van der Waals surface area contributed by atoms with Crippen LogP contribution in [0.1, 0.15) is 30.7 Å². The van der Waals surface area contributed by atoms with Gasteiger partial charge in [0.2, 0.25) is 0 Å². The molecule has 2 atom stereocenters. The minimum Gasteiger partial charge on any atom is -0.316 e. The molecular weight excluding hydrogens is 201 g/mol. The smallest absolute Gasteiger partial charge is 0.116 e. The first-order chi connectivity index (χ1) is 7.80. The average molecular weight is 219 g/mol. The van der Waals surface area contributed by atoms with Gasteiger partial charge in [0, 0.05) is 5.92 Å². The number of rotatable bonds is 2. The number of nitrogens with one attached hydrogen (secondary N) is 1. The van der Waals surface area contributed by atoms with Gasteiger partial charge in [0.15, 0.2) is 0 Å². The monoisotopic (exact) mass is 219 g/mol. The van der Waals surface area contributed by atoms with Crippen molar-refractivity contribution in [2.75, 3.05) is 13.1 Å². The Morgan fingerprint density at radius 3 is 2.50 bits per heavy atom. The van der Waals surface area contributed by atoms with Crippen LogP contribution in [0.15, 0.2) is 30.3 Å². The molecule has 1 aromatic carbocycles. The second-order valence-electron chi connectivity index (χ2n) is 5.14. The molecule has 1 saturated carbocycles. The summed E-state index contributed by atoms with van der Waals surface area (Å²) in [5, 5.41) is 3.24. The maximum absolute atomic E-state index is 14.7. The first kappa shape index (κ1) is 10.3. The highest BCUT2D eigenvalue weighted by atomic mass is 19.1. The van der Waals surface area contributed by atoms with Gasteiger partial charge in [-0.25, -0.2) is 4.39 Å². The van der Waals surface area contributed by atoms with Crippen LogP contribution in [-0.4, -0.2) is 18.8 Å². The second kappa shape index (κ2) is 3.85. The predicted octanol–water partition coefficient (Wildman–Crippen LogP) is 2.88. The fourth-order valence-electron chi connectivity index (χ4n) is 3.05. The lowest BCUT2D eigenvalue weighted by Crippen LogP contribution is -2.40. The van der Waals surface area contributed by atoms with Crippen molar-refractivity contribution in [3.05, 3.63) is 35.9 Å². The molecule has 0 bridgehead atoms. The Balaban J connectivity index is 1.71. The Labute approximate surface area is 96.1 Å². The zero-order valence-corrected chi connectivity index (χ0v) is 9.45. The van der Waals surface area contributed by atoms with Crippen LogP contribution in [0.5, 0.6) is 0 Å². The average Bonchev–Trinajstić information content (AvgIpc) is 3.12. The van der Waals surface area contributed by atoms with Crippen LogP contribution in [0.2, 0.25) is 0 Å². The number of alkyl halides is 1. The molecule has 1 aliphatic carbocycles. The van der Waals surface area contributed by atoms with Crippen LogP contribution in [-0.2, 0) is 0 Å². The van der Waals surface area contributed by atoms with E-state index < -0.39 is 5.67 Å². The number of halogens is 1. The van der Waals surface area contributed by atoms with E-state index in [-0.39, 0.29) is 5.92 Å². The summed E-state index contributed by atoms with van der Waals surface area (Å²) in [4.78, 5) is 0. The molecule has 1 aliphatic heterocycles. The van der Waals surface area contributed by atoms with Gasteiger partial charge < -0.3 is 5.32 Å². The van der Waals surface area contributed by atoms with Crippen molar-refractivity contribution in [3.63, 3.8) is 0 Å². The number of piperidine rings is 1. The van der Waals surface area contributed by atoms with Gasteiger partial charge in [-0.1, -0.05) is 30.3 Å². The molecule has 3 rings (SSSR count). The van der Waals surface area contributed by atoms with Gasteiger partial charge in [-0.2, -0.15) is 0 Å². The van der Waals surface area contributed by atoms with Gasteiger partial charge in [-0.05, 0) is 43.8 Å². The van der Waals surface area contributed by atoms with Crippen molar-refractivity contribution in [2.45, 2.75) is 30.8 Å². The van der Waals surface area contributed by atoms with Crippen molar-refractivity contribution >= 4 is 0 Å². The van der Waals surface area contributed by atoms with Crippen molar-refractivity contribution in [3.8, 4) is 0 Å². The van der Waals surface area contributed by atoms with E-state index in [0.29, 0.717) is 18.8 Å². The standard InChI is InChI=1S/C14H18FN/c15-14(6-8-16-9-7-14)13-10-12(13)11-4-2-1-3-5-11/h1-5,12-13,16H,6-10H2. The van der Waals surface area contributed by atoms with Gasteiger partial charge >= 0.3 is 0 Å². The van der Waals surface area contributed by atoms with Gasteiger partial charge in [0.25, 0.3) is 0 Å². The molecule has 1 aromatic rings. The zero-order chi connectivity index (χ0) is 11.0. The molecule has 2 aliphatic rings. The summed E-state index contributed by atoms with van der Waals surface area (Å²) >= 11 is 0. The first-order valence-electron chi connectivity index (χ1n) is 6.24. The van der Waals surface area contributed by atoms with E-state index in [4.69, 9.17) is 0 Å². The maximum Gasteiger partial charge on any atom is 0.116 e. The van der Waals surface area contributed by atoms with E-state index in [2.05, 4.69) is 29.6 Å². The topological polar surface area (TPSA) is 12.0 Å². The van der Waals surface area contributed by atoms with E-state index in [9.17, 15) is 4.39 Å². The fraction of sp³-hybridized carbons (Fsp3) is 0.571. The number of hydrogen-bond donors (Lipinski definition) is 1. The molecule has 0 radical (unpaired) electrons. The third-order valence-corrected chi connectivity index (χ3v) is 4.12. The SMILES string of the molecule is FC1(C2CC2c2ccccc2)CCNCC1. The van der Waals surface area contributed by atoms with Gasteiger partial charge in [-0.15, -0.1) is 0 Å². The molecule has 16 heavy (non-hydrogen) atoms. The fourth-order valence-corrected chi connectivity index (χ4v) is 3.05. The lowest BCUT2D eigenvalue weighted by atomic mass is 9.87. The summed E-state index contributed by atoms with van der Waals surface area (Å²) in [7, 11) is 0. The summed E-state index contributed by atoms with van der Waals surface area (Å²) in [5.74, 6) is 0.751. The van der Waals surface area contributed by atoms with E-state index in [1.165, 1.54) is 5.56 Å². The minimum atomic E-state index is -0.897. The molecule has 1 N–H and O–H groups in total. The van der Waals surface area contributed by atoms with Crippen LogP contribution < -0.4 is 5.32 Å².